The second kappa shape index (κ2) is 6.57. The first-order valence-corrected chi connectivity index (χ1v) is 9.24. The summed E-state index contributed by atoms with van der Waals surface area (Å²) in [6.07, 6.45) is 4.01. The molecule has 0 spiro atoms. The Balaban J connectivity index is 2.08. The van der Waals surface area contributed by atoms with Gasteiger partial charge in [-0.2, -0.15) is 0 Å². The third-order valence-corrected chi connectivity index (χ3v) is 5.52. The Hall–Kier alpha value is -1.47. The number of halogens is 1. The maximum atomic E-state index is 12.8. The van der Waals surface area contributed by atoms with Crippen molar-refractivity contribution in [3.05, 3.63) is 37.7 Å². The van der Waals surface area contributed by atoms with Gasteiger partial charge in [-0.05, 0) is 25.3 Å². The highest BCUT2D eigenvalue weighted by Gasteiger charge is 2.22. The smallest absolute Gasteiger partial charge is 0.262 e. The third-order valence-electron chi connectivity index (χ3n) is 4.06. The second-order valence-corrected chi connectivity index (χ2v) is 7.85. The molecule has 0 saturated heterocycles. The Bertz CT molecular complexity index is 853. The van der Waals surface area contributed by atoms with Crippen molar-refractivity contribution in [1.82, 2.24) is 14.9 Å². The quantitative estimate of drug-likeness (QED) is 0.867. The first kappa shape index (κ1) is 16.4. The fourth-order valence-electron chi connectivity index (χ4n) is 2.88. The average molecular weight is 396 g/mol. The molecule has 7 heteroatoms. The van der Waals surface area contributed by atoms with Crippen LogP contribution in [0.1, 0.15) is 40.3 Å². The average Bonchev–Trinajstić information content (AvgIpc) is 2.69. The van der Waals surface area contributed by atoms with Crippen molar-refractivity contribution in [3.63, 3.8) is 0 Å². The molecule has 1 amide bonds. The van der Waals surface area contributed by atoms with Gasteiger partial charge in [0.05, 0.1) is 10.3 Å². The zero-order valence-corrected chi connectivity index (χ0v) is 15.3. The Morgan fingerprint density at radius 1 is 1.43 bits per heavy atom. The molecule has 1 aliphatic rings. The minimum absolute atomic E-state index is 0.00963. The van der Waals surface area contributed by atoms with Gasteiger partial charge in [-0.3, -0.25) is 14.2 Å². The van der Waals surface area contributed by atoms with Crippen molar-refractivity contribution in [2.75, 3.05) is 6.54 Å². The van der Waals surface area contributed by atoms with E-state index in [2.05, 4.69) is 32.8 Å². The Kier molecular flexibility index (Phi) is 4.68. The van der Waals surface area contributed by atoms with Crippen LogP contribution >= 0.6 is 27.3 Å². The number of rotatable bonds is 3. The van der Waals surface area contributed by atoms with E-state index in [1.54, 1.807) is 4.57 Å². The normalized spacial score (nSPS) is 14.3. The van der Waals surface area contributed by atoms with Crippen LogP contribution in [-0.4, -0.2) is 22.0 Å². The maximum absolute atomic E-state index is 12.8. The molecule has 1 aliphatic heterocycles. The van der Waals surface area contributed by atoms with Crippen LogP contribution in [-0.2, 0) is 13.0 Å². The van der Waals surface area contributed by atoms with Crippen molar-refractivity contribution in [3.8, 4) is 0 Å². The minimum atomic E-state index is -0.189. The summed E-state index contributed by atoms with van der Waals surface area (Å²) in [4.78, 5) is 31.0. The molecule has 1 N–H and O–H groups in total. The lowest BCUT2D eigenvalue weighted by atomic mass is 10.2. The molecule has 0 fully saturated rings. The summed E-state index contributed by atoms with van der Waals surface area (Å²) < 4.78 is 2.49. The second-order valence-electron chi connectivity index (χ2n) is 5.73. The molecule has 5 nitrogen and oxygen atoms in total. The number of nitrogens with one attached hydrogen (secondary N) is 1. The van der Waals surface area contributed by atoms with Crippen LogP contribution in [0.4, 0.5) is 0 Å². The molecular formula is C16H18BrN3O2S. The van der Waals surface area contributed by atoms with E-state index in [1.807, 2.05) is 6.92 Å². The van der Waals surface area contributed by atoms with Crippen molar-refractivity contribution in [1.29, 1.82) is 0 Å². The number of thiophene rings is 1. The molecule has 2 aromatic rings. The summed E-state index contributed by atoms with van der Waals surface area (Å²) >= 11 is 4.52. The van der Waals surface area contributed by atoms with E-state index < -0.39 is 0 Å². The maximum Gasteiger partial charge on any atom is 0.262 e. The number of carbonyl (C=O) groups excluding carboxylic acids is 1. The monoisotopic (exact) mass is 395 g/mol. The summed E-state index contributed by atoms with van der Waals surface area (Å²) in [6, 6.07) is 0. The zero-order valence-electron chi connectivity index (χ0n) is 12.9. The minimum Gasteiger partial charge on any atom is -0.347 e. The molecule has 3 rings (SSSR count). The van der Waals surface area contributed by atoms with E-state index in [4.69, 9.17) is 0 Å². The summed E-state index contributed by atoms with van der Waals surface area (Å²) in [7, 11) is 0. The Labute approximate surface area is 146 Å². The van der Waals surface area contributed by atoms with Gasteiger partial charge in [-0.1, -0.05) is 28.9 Å². The van der Waals surface area contributed by atoms with Crippen LogP contribution in [0.2, 0.25) is 0 Å². The van der Waals surface area contributed by atoms with Crippen LogP contribution < -0.4 is 10.9 Å². The lowest BCUT2D eigenvalue weighted by molar-refractivity contribution is 0.0961. The van der Waals surface area contributed by atoms with Crippen molar-refractivity contribution < 1.29 is 4.79 Å². The van der Waals surface area contributed by atoms with E-state index in [1.165, 1.54) is 11.3 Å². The molecule has 0 atom stereocenters. The first-order chi connectivity index (χ1) is 11.0. The molecule has 0 aromatic carbocycles. The van der Waals surface area contributed by atoms with Crippen molar-refractivity contribution in [2.24, 2.45) is 0 Å². The lowest BCUT2D eigenvalue weighted by Crippen LogP contribution is -2.25. The highest BCUT2D eigenvalue weighted by atomic mass is 79.9. The summed E-state index contributed by atoms with van der Waals surface area (Å²) in [5, 5.41) is 3.37. The largest absolute Gasteiger partial charge is 0.347 e. The van der Waals surface area contributed by atoms with Crippen LogP contribution in [0.15, 0.2) is 15.9 Å². The molecule has 0 unspecified atom stereocenters. The summed E-state index contributed by atoms with van der Waals surface area (Å²) in [5.41, 5.74) is 0.712. The molecule has 3 heterocycles. The third kappa shape index (κ3) is 3.12. The van der Waals surface area contributed by atoms with Crippen LogP contribution in [0, 0.1) is 6.92 Å². The predicted molar refractivity (Wildman–Crippen MR) is 96.6 cm³/mol. The zero-order chi connectivity index (χ0) is 16.6. The van der Waals surface area contributed by atoms with Gasteiger partial charge in [0.25, 0.3) is 11.5 Å². The molecule has 0 radical (unpaired) electrons. The number of aromatic nitrogens is 2. The van der Waals surface area contributed by atoms with E-state index in [0.29, 0.717) is 26.1 Å². The van der Waals surface area contributed by atoms with Crippen LogP contribution in [0.25, 0.3) is 10.2 Å². The van der Waals surface area contributed by atoms with Gasteiger partial charge in [-0.15, -0.1) is 11.3 Å². The Morgan fingerprint density at radius 2 is 2.22 bits per heavy atom. The van der Waals surface area contributed by atoms with Gasteiger partial charge in [0.15, 0.2) is 0 Å². The number of aryl methyl sites for hydroxylation is 2. The van der Waals surface area contributed by atoms with Crippen molar-refractivity contribution >= 4 is 43.4 Å². The molecule has 0 bridgehead atoms. The van der Waals surface area contributed by atoms with E-state index in [-0.39, 0.29) is 11.5 Å². The number of amides is 1. The first-order valence-electron chi connectivity index (χ1n) is 7.63. The predicted octanol–water partition coefficient (Wildman–Crippen LogP) is 3.13. The fourth-order valence-corrected chi connectivity index (χ4v) is 4.13. The number of hydrogen-bond donors (Lipinski definition) is 1. The fraction of sp³-hybridized carbons (Fsp3) is 0.438. The van der Waals surface area contributed by atoms with Crippen LogP contribution in [0.3, 0.4) is 0 Å². The highest BCUT2D eigenvalue weighted by molar-refractivity contribution is 9.11. The summed E-state index contributed by atoms with van der Waals surface area (Å²) in [5.74, 6) is 0.660. The van der Waals surface area contributed by atoms with Gasteiger partial charge in [0.2, 0.25) is 0 Å². The topological polar surface area (TPSA) is 64.0 Å². The Morgan fingerprint density at radius 3 is 2.96 bits per heavy atom. The number of nitrogens with zero attached hydrogens (tertiary/aromatic N) is 2. The number of hydrogen-bond acceptors (Lipinski definition) is 4. The number of fused-ring (bicyclic) bond motifs is 2. The SMILES string of the molecule is C=C(Br)CNC(=O)c1sc2nc3n(c(=O)c2c1C)CCCCC3. The number of carbonyl (C=O) groups is 1. The van der Waals surface area contributed by atoms with Gasteiger partial charge in [-0.25, -0.2) is 4.98 Å². The molecule has 23 heavy (non-hydrogen) atoms. The highest BCUT2D eigenvalue weighted by Crippen LogP contribution is 2.28. The van der Waals surface area contributed by atoms with E-state index >= 15 is 0 Å². The molecule has 0 saturated carbocycles. The molecule has 122 valence electrons. The van der Waals surface area contributed by atoms with E-state index in [9.17, 15) is 9.59 Å². The lowest BCUT2D eigenvalue weighted by Gasteiger charge is -2.08. The van der Waals surface area contributed by atoms with E-state index in [0.717, 1.165) is 43.6 Å². The summed E-state index contributed by atoms with van der Waals surface area (Å²) in [6.45, 7) is 6.60. The van der Waals surface area contributed by atoms with Gasteiger partial charge in [0, 0.05) is 24.0 Å². The van der Waals surface area contributed by atoms with Crippen LogP contribution in [0.5, 0.6) is 0 Å². The molecular weight excluding hydrogens is 378 g/mol. The molecule has 2 aromatic heterocycles. The standard InChI is InChI=1S/C16H18BrN3O2S/c1-9(17)8-18-14(21)13-10(2)12-15(23-13)19-11-6-4-3-5-7-20(11)16(12)22/h1,3-8H2,2H3,(H,18,21). The van der Waals surface area contributed by atoms with Gasteiger partial charge in [0.1, 0.15) is 10.7 Å². The van der Waals surface area contributed by atoms with Gasteiger partial charge < -0.3 is 5.32 Å². The molecule has 0 aliphatic carbocycles. The van der Waals surface area contributed by atoms with Crippen molar-refractivity contribution in [2.45, 2.75) is 39.2 Å². The van der Waals surface area contributed by atoms with Gasteiger partial charge >= 0.3 is 0 Å².